The van der Waals surface area contributed by atoms with Crippen molar-refractivity contribution >= 4 is 22.6 Å². The van der Waals surface area contributed by atoms with Gasteiger partial charge in [-0.05, 0) is 23.6 Å². The minimum Gasteiger partial charge on any atom is -0.288 e. The molecule has 21 heavy (non-hydrogen) atoms. The van der Waals surface area contributed by atoms with E-state index < -0.39 is 0 Å². The number of nitrogens with one attached hydrogen (secondary N) is 1. The SMILES string of the molecule is O=c1[nH]c2nc(-c3ccsc3)cnc2n1-c1ccccc1. The predicted molar refractivity (Wildman–Crippen MR) is 82.8 cm³/mol. The van der Waals surface area contributed by atoms with Gasteiger partial charge in [-0.1, -0.05) is 18.2 Å². The molecule has 5 nitrogen and oxygen atoms in total. The van der Waals surface area contributed by atoms with Gasteiger partial charge in [0.25, 0.3) is 0 Å². The van der Waals surface area contributed by atoms with Crippen molar-refractivity contribution in [2.24, 2.45) is 0 Å². The Hall–Kier alpha value is -2.73. The molecule has 3 heterocycles. The van der Waals surface area contributed by atoms with Crippen LogP contribution in [0, 0.1) is 0 Å². The Balaban J connectivity index is 1.95. The molecule has 102 valence electrons. The molecule has 0 atom stereocenters. The van der Waals surface area contributed by atoms with Gasteiger partial charge in [0.2, 0.25) is 0 Å². The van der Waals surface area contributed by atoms with Crippen molar-refractivity contribution in [1.29, 1.82) is 0 Å². The van der Waals surface area contributed by atoms with Crippen LogP contribution in [0.5, 0.6) is 0 Å². The molecule has 0 aliphatic heterocycles. The summed E-state index contributed by atoms with van der Waals surface area (Å²) in [6, 6.07) is 11.4. The van der Waals surface area contributed by atoms with Crippen molar-refractivity contribution in [1.82, 2.24) is 19.5 Å². The van der Waals surface area contributed by atoms with Crippen LogP contribution in [0.3, 0.4) is 0 Å². The fourth-order valence-electron chi connectivity index (χ4n) is 2.25. The fourth-order valence-corrected chi connectivity index (χ4v) is 2.90. The summed E-state index contributed by atoms with van der Waals surface area (Å²) in [4.78, 5) is 23.8. The minimum absolute atomic E-state index is 0.237. The lowest BCUT2D eigenvalue weighted by atomic mass is 10.2. The Morgan fingerprint density at radius 1 is 1.14 bits per heavy atom. The zero-order valence-corrected chi connectivity index (χ0v) is 11.7. The number of rotatable bonds is 2. The Morgan fingerprint density at radius 2 is 2.00 bits per heavy atom. The first-order chi connectivity index (χ1) is 10.3. The summed E-state index contributed by atoms with van der Waals surface area (Å²) >= 11 is 1.60. The first-order valence-corrected chi connectivity index (χ1v) is 7.33. The van der Waals surface area contributed by atoms with E-state index in [2.05, 4.69) is 15.0 Å². The van der Waals surface area contributed by atoms with Crippen molar-refractivity contribution in [2.75, 3.05) is 0 Å². The van der Waals surface area contributed by atoms with Gasteiger partial charge in [-0.25, -0.2) is 19.3 Å². The van der Waals surface area contributed by atoms with Crippen LogP contribution in [-0.2, 0) is 0 Å². The van der Waals surface area contributed by atoms with Crippen LogP contribution >= 0.6 is 11.3 Å². The Labute approximate surface area is 123 Å². The maximum atomic E-state index is 12.2. The van der Waals surface area contributed by atoms with Gasteiger partial charge in [0.1, 0.15) is 0 Å². The van der Waals surface area contributed by atoms with Crippen LogP contribution in [0.25, 0.3) is 28.2 Å². The van der Waals surface area contributed by atoms with Crippen molar-refractivity contribution < 1.29 is 0 Å². The molecule has 1 aromatic carbocycles. The number of para-hydroxylation sites is 1. The molecular formula is C15H10N4OS. The number of nitrogens with zero attached hydrogens (tertiary/aromatic N) is 3. The maximum absolute atomic E-state index is 12.2. The average Bonchev–Trinajstić information content (AvgIpc) is 3.14. The lowest BCUT2D eigenvalue weighted by Crippen LogP contribution is -2.14. The topological polar surface area (TPSA) is 63.6 Å². The largest absolute Gasteiger partial charge is 0.333 e. The van der Waals surface area contributed by atoms with Gasteiger partial charge in [0, 0.05) is 10.9 Å². The normalized spacial score (nSPS) is 11.0. The van der Waals surface area contributed by atoms with E-state index in [1.54, 1.807) is 17.5 Å². The van der Waals surface area contributed by atoms with Gasteiger partial charge < -0.3 is 0 Å². The van der Waals surface area contributed by atoms with Crippen LogP contribution in [0.1, 0.15) is 0 Å². The van der Waals surface area contributed by atoms with Crippen LogP contribution in [0.4, 0.5) is 0 Å². The number of aromatic nitrogens is 4. The lowest BCUT2D eigenvalue weighted by molar-refractivity contribution is 1.00. The van der Waals surface area contributed by atoms with Crippen molar-refractivity contribution in [2.45, 2.75) is 0 Å². The quantitative estimate of drug-likeness (QED) is 0.618. The third kappa shape index (κ3) is 1.96. The highest BCUT2D eigenvalue weighted by Gasteiger charge is 2.12. The van der Waals surface area contributed by atoms with Crippen LogP contribution < -0.4 is 5.69 Å². The molecule has 1 N–H and O–H groups in total. The van der Waals surface area contributed by atoms with Crippen LogP contribution in [0.15, 0.2) is 58.1 Å². The van der Waals surface area contributed by atoms with E-state index >= 15 is 0 Å². The highest BCUT2D eigenvalue weighted by Crippen LogP contribution is 2.21. The number of fused-ring (bicyclic) bond motifs is 1. The van der Waals surface area contributed by atoms with Crippen LogP contribution in [0.2, 0.25) is 0 Å². The first-order valence-electron chi connectivity index (χ1n) is 6.39. The van der Waals surface area contributed by atoms with E-state index in [1.807, 2.05) is 47.2 Å². The average molecular weight is 294 g/mol. The maximum Gasteiger partial charge on any atom is 0.333 e. The van der Waals surface area contributed by atoms with Crippen molar-refractivity contribution in [3.63, 3.8) is 0 Å². The Morgan fingerprint density at radius 3 is 2.76 bits per heavy atom. The fraction of sp³-hybridized carbons (Fsp3) is 0. The summed E-state index contributed by atoms with van der Waals surface area (Å²) < 4.78 is 1.53. The molecule has 4 rings (SSSR count). The molecule has 0 spiro atoms. The highest BCUT2D eigenvalue weighted by atomic mass is 32.1. The molecule has 0 aliphatic rings. The minimum atomic E-state index is -0.237. The molecule has 0 fully saturated rings. The van der Waals surface area contributed by atoms with E-state index in [-0.39, 0.29) is 5.69 Å². The molecule has 0 saturated heterocycles. The molecule has 0 saturated carbocycles. The standard InChI is InChI=1S/C15H10N4OS/c20-15-18-13-14(19(15)11-4-2-1-3-5-11)16-8-12(17-13)10-6-7-21-9-10/h1-9H,(H,17,18,20). The molecule has 0 amide bonds. The van der Waals surface area contributed by atoms with Gasteiger partial charge in [-0.3, -0.25) is 4.98 Å². The van der Waals surface area contributed by atoms with Gasteiger partial charge in [0.05, 0.1) is 17.6 Å². The van der Waals surface area contributed by atoms with E-state index in [4.69, 9.17) is 0 Å². The van der Waals surface area contributed by atoms with Gasteiger partial charge in [-0.15, -0.1) is 0 Å². The molecule has 0 bridgehead atoms. The zero-order valence-electron chi connectivity index (χ0n) is 10.9. The third-order valence-corrected chi connectivity index (χ3v) is 3.91. The molecular weight excluding hydrogens is 284 g/mol. The monoisotopic (exact) mass is 294 g/mol. The molecule has 0 unspecified atom stereocenters. The molecule has 6 heteroatoms. The first kappa shape index (κ1) is 12.0. The van der Waals surface area contributed by atoms with Gasteiger partial charge in [-0.2, -0.15) is 11.3 Å². The van der Waals surface area contributed by atoms with Crippen molar-refractivity contribution in [3.05, 3.63) is 63.8 Å². The molecule has 3 aromatic heterocycles. The number of hydrogen-bond acceptors (Lipinski definition) is 4. The summed E-state index contributed by atoms with van der Waals surface area (Å²) in [5.74, 6) is 0. The number of thiophene rings is 1. The molecule has 4 aromatic rings. The summed E-state index contributed by atoms with van der Waals surface area (Å²) in [6.07, 6.45) is 1.69. The Kier molecular flexibility index (Phi) is 2.68. The summed E-state index contributed by atoms with van der Waals surface area (Å²) in [6.45, 7) is 0. The molecule has 0 radical (unpaired) electrons. The second kappa shape index (κ2) is 4.68. The molecule has 0 aliphatic carbocycles. The van der Waals surface area contributed by atoms with Crippen molar-refractivity contribution in [3.8, 4) is 16.9 Å². The summed E-state index contributed by atoms with van der Waals surface area (Å²) in [7, 11) is 0. The number of H-pyrrole nitrogens is 1. The van der Waals surface area contributed by atoms with E-state index in [0.717, 1.165) is 16.9 Å². The summed E-state index contributed by atoms with van der Waals surface area (Å²) in [5, 5.41) is 3.99. The second-order valence-corrected chi connectivity index (χ2v) is 5.32. The Bertz CT molecular complexity index is 954. The third-order valence-electron chi connectivity index (χ3n) is 3.22. The number of imidazole rings is 1. The number of benzene rings is 1. The van der Waals surface area contributed by atoms with Gasteiger partial charge >= 0.3 is 5.69 Å². The lowest BCUT2D eigenvalue weighted by Gasteiger charge is -2.02. The zero-order chi connectivity index (χ0) is 14.2. The number of aromatic amines is 1. The van der Waals surface area contributed by atoms with E-state index in [0.29, 0.717) is 11.3 Å². The van der Waals surface area contributed by atoms with E-state index in [9.17, 15) is 4.79 Å². The predicted octanol–water partition coefficient (Wildman–Crippen LogP) is 2.84. The number of hydrogen-bond donors (Lipinski definition) is 1. The van der Waals surface area contributed by atoms with E-state index in [1.165, 1.54) is 4.57 Å². The summed E-state index contributed by atoms with van der Waals surface area (Å²) in [5.41, 5.74) is 3.32. The van der Waals surface area contributed by atoms with Gasteiger partial charge in [0.15, 0.2) is 11.3 Å². The second-order valence-electron chi connectivity index (χ2n) is 4.54. The smallest absolute Gasteiger partial charge is 0.288 e. The van der Waals surface area contributed by atoms with Crippen LogP contribution in [-0.4, -0.2) is 19.5 Å². The highest BCUT2D eigenvalue weighted by molar-refractivity contribution is 7.08.